The van der Waals surface area contributed by atoms with Crippen LogP contribution >= 0.6 is 0 Å². The fourth-order valence-corrected chi connectivity index (χ4v) is 8.49. The van der Waals surface area contributed by atoms with E-state index in [0.29, 0.717) is 44.0 Å². The second-order valence-corrected chi connectivity index (χ2v) is 14.6. The molecule has 45 heavy (non-hydrogen) atoms. The molecular formula is C36H49N5O4. The van der Waals surface area contributed by atoms with Gasteiger partial charge in [-0.05, 0) is 79.3 Å². The lowest BCUT2D eigenvalue weighted by Gasteiger charge is -2.41. The van der Waals surface area contributed by atoms with E-state index >= 15 is 0 Å². The van der Waals surface area contributed by atoms with Gasteiger partial charge in [0.15, 0.2) is 0 Å². The second kappa shape index (κ2) is 12.6. The molecule has 1 aromatic rings. The summed E-state index contributed by atoms with van der Waals surface area (Å²) in [5.41, 5.74) is 3.79. The van der Waals surface area contributed by atoms with Gasteiger partial charge in [0.25, 0.3) is 0 Å². The number of ether oxygens (including phenoxy) is 2. The molecule has 0 aromatic heterocycles. The van der Waals surface area contributed by atoms with Crippen LogP contribution in [0.5, 0.6) is 5.75 Å². The summed E-state index contributed by atoms with van der Waals surface area (Å²) in [6, 6.07) is 6.94. The molecule has 1 N–H and O–H groups in total. The summed E-state index contributed by atoms with van der Waals surface area (Å²) < 4.78 is 12.5. The fourth-order valence-electron chi connectivity index (χ4n) is 8.49. The number of carbonyl (C=O) groups excluding carboxylic acids is 2. The van der Waals surface area contributed by atoms with Crippen molar-refractivity contribution in [3.05, 3.63) is 53.1 Å². The standard InChI is InChI=1S/C36H49N5O4/c1-24-18-26(7-10-31(24)39-16-14-38(15-17-39)20-25-5-6-25)21-40-13-3-2-4-28(40)23-44-29-8-9-30-27(19-29)22-41(36-34(30)45-36)32-11-12-33(42)37-35(32)43/h7-10,18-19,24-25,28,31-32,34,36H,2-6,11-17,20-23H2,1H3,(H,37,42,43)/t24?,28-,31?,32?,34?,36?/m1/s1. The van der Waals surface area contributed by atoms with Gasteiger partial charge in [-0.3, -0.25) is 29.6 Å². The second-order valence-electron chi connectivity index (χ2n) is 14.6. The molecule has 5 aliphatic heterocycles. The summed E-state index contributed by atoms with van der Waals surface area (Å²) in [4.78, 5) is 34.4. The Hall–Kier alpha value is -2.56. The highest BCUT2D eigenvalue weighted by Gasteiger charge is 2.53. The van der Waals surface area contributed by atoms with Crippen molar-refractivity contribution in [2.24, 2.45) is 11.8 Å². The van der Waals surface area contributed by atoms with E-state index in [1.165, 1.54) is 69.5 Å². The predicted molar refractivity (Wildman–Crippen MR) is 171 cm³/mol. The molecule has 5 heterocycles. The molecule has 5 fully saturated rings. The van der Waals surface area contributed by atoms with Crippen LogP contribution in [0.4, 0.5) is 0 Å². The summed E-state index contributed by atoms with van der Waals surface area (Å²) in [6.07, 6.45) is 14.8. The number of nitrogens with one attached hydrogen (secondary N) is 1. The molecule has 1 saturated carbocycles. The Labute approximate surface area is 267 Å². The van der Waals surface area contributed by atoms with Crippen molar-refractivity contribution < 1.29 is 19.1 Å². The van der Waals surface area contributed by atoms with Gasteiger partial charge in [-0.1, -0.05) is 37.6 Å². The number of piperidine rings is 2. The number of amides is 2. The lowest BCUT2D eigenvalue weighted by atomic mass is 9.90. The molecule has 0 bridgehead atoms. The van der Waals surface area contributed by atoms with Crippen LogP contribution in [0, 0.1) is 11.8 Å². The Balaban J connectivity index is 0.858. The van der Waals surface area contributed by atoms with E-state index in [1.807, 2.05) is 0 Å². The maximum atomic E-state index is 12.6. The number of piperazine rings is 1. The Morgan fingerprint density at radius 1 is 1.02 bits per heavy atom. The SMILES string of the molecule is CC1C=C(CN2CCCC[C@@H]2COc2ccc3c(c2)CN(C2CCC(=O)NC2=O)C2OC32)C=CC1N1CCN(CC2CC2)CC1. The van der Waals surface area contributed by atoms with Crippen LogP contribution in [0.25, 0.3) is 0 Å². The van der Waals surface area contributed by atoms with Gasteiger partial charge in [-0.25, -0.2) is 0 Å². The highest BCUT2D eigenvalue weighted by Crippen LogP contribution is 2.49. The van der Waals surface area contributed by atoms with Gasteiger partial charge in [-0.15, -0.1) is 0 Å². The topological polar surface area (TPSA) is 80.9 Å². The van der Waals surface area contributed by atoms with E-state index in [1.54, 1.807) is 0 Å². The van der Waals surface area contributed by atoms with E-state index in [0.717, 1.165) is 36.7 Å². The molecule has 242 valence electrons. The van der Waals surface area contributed by atoms with E-state index in [-0.39, 0.29) is 30.2 Å². The van der Waals surface area contributed by atoms with Gasteiger partial charge >= 0.3 is 0 Å². The molecule has 5 unspecified atom stereocenters. The molecule has 0 spiro atoms. The highest BCUT2D eigenvalue weighted by molar-refractivity contribution is 6.00. The third-order valence-corrected chi connectivity index (χ3v) is 11.3. The molecular weight excluding hydrogens is 566 g/mol. The van der Waals surface area contributed by atoms with Crippen LogP contribution in [0.2, 0.25) is 0 Å². The van der Waals surface area contributed by atoms with Crippen LogP contribution in [0.3, 0.4) is 0 Å². The van der Waals surface area contributed by atoms with Crippen molar-refractivity contribution in [3.63, 3.8) is 0 Å². The number of epoxide rings is 1. The third-order valence-electron chi connectivity index (χ3n) is 11.3. The highest BCUT2D eigenvalue weighted by atomic mass is 16.6. The molecule has 4 saturated heterocycles. The van der Waals surface area contributed by atoms with Crippen molar-refractivity contribution in [3.8, 4) is 5.75 Å². The number of hydrogen-bond acceptors (Lipinski definition) is 8. The molecule has 9 nitrogen and oxygen atoms in total. The van der Waals surface area contributed by atoms with Crippen LogP contribution in [0.15, 0.2) is 42.0 Å². The van der Waals surface area contributed by atoms with Gasteiger partial charge in [0.2, 0.25) is 11.8 Å². The minimum atomic E-state index is -0.325. The number of carbonyl (C=O) groups is 2. The smallest absolute Gasteiger partial charge is 0.244 e. The Kier molecular flexibility index (Phi) is 8.33. The maximum absolute atomic E-state index is 12.6. The number of benzene rings is 1. The van der Waals surface area contributed by atoms with Crippen molar-refractivity contribution in [1.82, 2.24) is 24.9 Å². The molecule has 2 aliphatic carbocycles. The fraction of sp³-hybridized carbons (Fsp3) is 0.667. The van der Waals surface area contributed by atoms with Crippen LogP contribution in [0.1, 0.15) is 69.1 Å². The maximum Gasteiger partial charge on any atom is 0.244 e. The molecule has 0 radical (unpaired) electrons. The number of rotatable bonds is 9. The first-order valence-electron chi connectivity index (χ1n) is 17.6. The molecule has 8 rings (SSSR count). The summed E-state index contributed by atoms with van der Waals surface area (Å²) in [5, 5.41) is 2.50. The van der Waals surface area contributed by atoms with Gasteiger partial charge in [-0.2, -0.15) is 0 Å². The average Bonchev–Trinajstić information content (AvgIpc) is 3.97. The summed E-state index contributed by atoms with van der Waals surface area (Å²) in [5.74, 6) is 2.01. The quantitative estimate of drug-likeness (QED) is 0.334. The summed E-state index contributed by atoms with van der Waals surface area (Å²) in [6.45, 7) is 11.9. The summed E-state index contributed by atoms with van der Waals surface area (Å²) >= 11 is 0. The lowest BCUT2D eigenvalue weighted by molar-refractivity contribution is -0.138. The first kappa shape index (κ1) is 29.8. The van der Waals surface area contributed by atoms with E-state index in [2.05, 4.69) is 68.3 Å². The van der Waals surface area contributed by atoms with Gasteiger partial charge in [0, 0.05) is 64.3 Å². The van der Waals surface area contributed by atoms with Crippen LogP contribution in [-0.2, 0) is 20.9 Å². The number of fused-ring (bicyclic) bond motifs is 3. The Bertz CT molecular complexity index is 1350. The van der Waals surface area contributed by atoms with Crippen LogP contribution < -0.4 is 10.1 Å². The average molecular weight is 616 g/mol. The van der Waals surface area contributed by atoms with Crippen molar-refractivity contribution in [1.29, 1.82) is 0 Å². The minimum absolute atomic E-state index is 0.00203. The Morgan fingerprint density at radius 3 is 2.69 bits per heavy atom. The third kappa shape index (κ3) is 6.52. The first-order valence-corrected chi connectivity index (χ1v) is 17.6. The monoisotopic (exact) mass is 615 g/mol. The van der Waals surface area contributed by atoms with E-state index < -0.39 is 0 Å². The summed E-state index contributed by atoms with van der Waals surface area (Å²) in [7, 11) is 0. The van der Waals surface area contributed by atoms with E-state index in [9.17, 15) is 9.59 Å². The normalized spacial score (nSPS) is 34.6. The largest absolute Gasteiger partial charge is 0.492 e. The Morgan fingerprint density at radius 2 is 1.89 bits per heavy atom. The van der Waals surface area contributed by atoms with E-state index in [4.69, 9.17) is 9.47 Å². The molecule has 1 aromatic carbocycles. The van der Waals surface area contributed by atoms with Gasteiger partial charge in [0.1, 0.15) is 24.7 Å². The zero-order valence-corrected chi connectivity index (χ0v) is 26.7. The zero-order valence-electron chi connectivity index (χ0n) is 26.7. The number of likely N-dealkylation sites (tertiary alicyclic amines) is 1. The molecule has 2 amide bonds. The zero-order chi connectivity index (χ0) is 30.5. The molecule has 6 atom stereocenters. The van der Waals surface area contributed by atoms with Crippen LogP contribution in [-0.4, -0.2) is 108 Å². The van der Waals surface area contributed by atoms with Crippen molar-refractivity contribution in [2.45, 2.75) is 88.9 Å². The van der Waals surface area contributed by atoms with Gasteiger partial charge < -0.3 is 14.4 Å². The van der Waals surface area contributed by atoms with Gasteiger partial charge in [0.05, 0.1) is 6.04 Å². The molecule has 7 aliphatic rings. The first-order chi connectivity index (χ1) is 22.0. The number of nitrogens with zero attached hydrogens (tertiary/aromatic N) is 4. The predicted octanol–water partition coefficient (Wildman–Crippen LogP) is 3.47. The van der Waals surface area contributed by atoms with Crippen molar-refractivity contribution >= 4 is 11.8 Å². The molecule has 9 heteroatoms. The lowest BCUT2D eigenvalue weighted by Crippen LogP contribution is -2.53. The number of hydrogen-bond donors (Lipinski definition) is 1. The van der Waals surface area contributed by atoms with Crippen molar-refractivity contribution in [2.75, 3.05) is 52.4 Å². The minimum Gasteiger partial charge on any atom is -0.492 e. The number of imide groups is 1.